The molecule has 5 fully saturated rings. The number of alkyl halides is 2. The number of hydrogen-bond acceptors (Lipinski definition) is 12. The van der Waals surface area contributed by atoms with Crippen molar-refractivity contribution in [3.63, 3.8) is 0 Å². The number of aromatic nitrogens is 4. The van der Waals surface area contributed by atoms with E-state index in [9.17, 15) is 28.0 Å². The highest BCUT2D eigenvalue weighted by molar-refractivity contribution is 6.19. The van der Waals surface area contributed by atoms with Gasteiger partial charge in [-0.15, -0.1) is 0 Å². The molecule has 6 N–H and O–H groups in total. The molecule has 0 spiro atoms. The molecule has 8 rings (SSSR count). The normalized spacial score (nSPS) is 26.5. The molecule has 3 aliphatic heterocycles. The zero-order chi connectivity index (χ0) is 43.5. The molecule has 4 atom stereocenters. The Kier molecular flexibility index (Phi) is 12.9. The first-order valence-corrected chi connectivity index (χ1v) is 21.4. The number of piperidine rings is 1. The Labute approximate surface area is 357 Å². The second-order valence-corrected chi connectivity index (χ2v) is 17.0. The van der Waals surface area contributed by atoms with Gasteiger partial charge in [0.2, 0.25) is 11.8 Å². The number of imide groups is 1. The second-order valence-electron chi connectivity index (χ2n) is 17.0. The average molecular weight is 854 g/mol. The fourth-order valence-corrected chi connectivity index (χ4v) is 9.63. The number of amides is 3. The van der Waals surface area contributed by atoms with Crippen molar-refractivity contribution in [3.05, 3.63) is 75.6 Å². The van der Waals surface area contributed by atoms with Gasteiger partial charge in [-0.05, 0) is 75.0 Å². The van der Waals surface area contributed by atoms with Crippen molar-refractivity contribution >= 4 is 40.5 Å². The van der Waals surface area contributed by atoms with Gasteiger partial charge in [0.15, 0.2) is 5.82 Å². The van der Waals surface area contributed by atoms with Crippen LogP contribution in [0.25, 0.3) is 16.6 Å². The Morgan fingerprint density at radius 2 is 1.85 bits per heavy atom. The van der Waals surface area contributed by atoms with E-state index in [4.69, 9.17) is 16.2 Å². The SMILES string of the molecule is Cn1c(=O)n(C2CCC(=O)NC2=O)c2cccc(C#CCN3CCN(CC4CCC(N=C/C(NC(=O)/C(=C/N)c5nccc(C6C[C@H]7C[C@@H]6CO7)n5)=C(\N)C(F)F)CC4)CC3)c21. The number of nitrogens with one attached hydrogen (secondary N) is 2. The van der Waals surface area contributed by atoms with E-state index >= 15 is 0 Å². The molecule has 5 heterocycles. The number of nitrogens with zero attached hydrogens (tertiary/aromatic N) is 7. The monoisotopic (exact) mass is 853 g/mol. The van der Waals surface area contributed by atoms with Crippen molar-refractivity contribution in [2.24, 2.45) is 35.3 Å². The zero-order valence-electron chi connectivity index (χ0n) is 34.8. The van der Waals surface area contributed by atoms with Crippen LogP contribution in [0.2, 0.25) is 0 Å². The maximum Gasteiger partial charge on any atom is 0.329 e. The number of halogens is 2. The van der Waals surface area contributed by atoms with Crippen molar-refractivity contribution in [2.75, 3.05) is 45.9 Å². The van der Waals surface area contributed by atoms with E-state index in [0.717, 1.165) is 83.1 Å². The summed E-state index contributed by atoms with van der Waals surface area (Å²) in [4.78, 5) is 69.3. The molecule has 2 bridgehead atoms. The molecule has 1 aromatic carbocycles. The van der Waals surface area contributed by atoms with Crippen LogP contribution in [0, 0.1) is 23.7 Å². The Morgan fingerprint density at radius 3 is 2.55 bits per heavy atom. The molecule has 328 valence electrons. The Bertz CT molecular complexity index is 2420. The first-order valence-electron chi connectivity index (χ1n) is 21.4. The highest BCUT2D eigenvalue weighted by Gasteiger charge is 2.42. The average Bonchev–Trinajstić information content (AvgIpc) is 3.98. The summed E-state index contributed by atoms with van der Waals surface area (Å²) in [5.41, 5.74) is 13.0. The minimum Gasteiger partial charge on any atom is -0.404 e. The van der Waals surface area contributed by atoms with Gasteiger partial charge in [-0.1, -0.05) is 17.9 Å². The predicted molar refractivity (Wildman–Crippen MR) is 227 cm³/mol. The third kappa shape index (κ3) is 9.20. The second kappa shape index (κ2) is 18.7. The number of rotatable bonds is 11. The highest BCUT2D eigenvalue weighted by atomic mass is 19.3. The first kappa shape index (κ1) is 42.9. The molecule has 3 amide bonds. The van der Waals surface area contributed by atoms with E-state index in [1.54, 1.807) is 19.3 Å². The smallest absolute Gasteiger partial charge is 0.329 e. The molecule has 3 saturated heterocycles. The van der Waals surface area contributed by atoms with Crippen LogP contribution >= 0.6 is 0 Å². The van der Waals surface area contributed by atoms with Gasteiger partial charge < -0.3 is 26.4 Å². The summed E-state index contributed by atoms with van der Waals surface area (Å²) in [7, 11) is 1.67. The number of allylic oxidation sites excluding steroid dienone is 2. The number of piperazine rings is 1. The number of hydrogen-bond donors (Lipinski definition) is 4. The van der Waals surface area contributed by atoms with Gasteiger partial charge in [-0.2, -0.15) is 0 Å². The maximum absolute atomic E-state index is 13.9. The van der Waals surface area contributed by atoms with Crippen molar-refractivity contribution < 1.29 is 27.9 Å². The van der Waals surface area contributed by atoms with Gasteiger partial charge in [0.05, 0.1) is 53.2 Å². The molecule has 0 radical (unpaired) electrons. The molecular weight excluding hydrogens is 801 g/mol. The molecule has 3 aromatic rings. The van der Waals surface area contributed by atoms with Crippen LogP contribution in [0.4, 0.5) is 8.78 Å². The van der Waals surface area contributed by atoms with E-state index in [1.807, 2.05) is 18.2 Å². The minimum absolute atomic E-state index is 0.0584. The lowest BCUT2D eigenvalue weighted by molar-refractivity contribution is -0.135. The first-order chi connectivity index (χ1) is 30.0. The molecule has 18 heteroatoms. The van der Waals surface area contributed by atoms with Crippen LogP contribution in [0.3, 0.4) is 0 Å². The molecule has 5 aliphatic rings. The lowest BCUT2D eigenvalue weighted by atomic mass is 9.86. The Balaban J connectivity index is 0.808. The maximum atomic E-state index is 13.9. The third-order valence-electron chi connectivity index (χ3n) is 13.1. The van der Waals surface area contributed by atoms with Crippen LogP contribution in [0.15, 0.2) is 57.8 Å². The lowest BCUT2D eigenvalue weighted by Gasteiger charge is -2.37. The molecule has 2 unspecified atom stereocenters. The minimum atomic E-state index is -3.01. The van der Waals surface area contributed by atoms with Crippen LogP contribution in [-0.2, 0) is 26.2 Å². The summed E-state index contributed by atoms with van der Waals surface area (Å²) in [5.74, 6) is 6.12. The van der Waals surface area contributed by atoms with Gasteiger partial charge in [0.25, 0.3) is 12.3 Å². The standard InChI is InChI=1S/C44H53F2N11O5/c1-54-39-27(4-2-6-35(39)57(44(54)61)36-11-12-37(58)53-43(36)60)5-3-15-55-16-18-56(19-17-55)24-26-7-9-29(10-8-26)50-23-34(38(48)40(45)46)52-42(59)32(22-47)41-49-14-13-33(51-41)31-21-30-20-28(31)25-62-30/h2,4,6,13-14,22-23,26,28-31,36,40H,7-12,15-21,24-25,47-48H2,1H3,(H,52,59)(H,53,58,60)/b32-22+,38-34+,50-23?/t26?,28-,29?,30-,31?,36?/m1/s1. The quantitative estimate of drug-likeness (QED) is 0.0952. The number of nitrogens with two attached hydrogens (primary N) is 2. The summed E-state index contributed by atoms with van der Waals surface area (Å²) in [6.45, 7) is 5.76. The number of aryl methyl sites for hydroxylation is 1. The van der Waals surface area contributed by atoms with Crippen LogP contribution in [-0.4, -0.2) is 117 Å². The van der Waals surface area contributed by atoms with Crippen LogP contribution in [0.1, 0.15) is 80.4 Å². The summed E-state index contributed by atoms with van der Waals surface area (Å²) in [6.07, 6.45) is 6.80. The van der Waals surface area contributed by atoms with Gasteiger partial charge in [-0.3, -0.25) is 38.7 Å². The van der Waals surface area contributed by atoms with Crippen molar-refractivity contribution in [2.45, 2.75) is 81.9 Å². The number of ether oxygens (including phenoxy) is 1. The fourth-order valence-electron chi connectivity index (χ4n) is 9.63. The summed E-state index contributed by atoms with van der Waals surface area (Å²) in [5, 5.41) is 4.85. The van der Waals surface area contributed by atoms with Gasteiger partial charge in [-0.25, -0.2) is 23.5 Å². The lowest BCUT2D eigenvalue weighted by Crippen LogP contribution is -2.48. The summed E-state index contributed by atoms with van der Waals surface area (Å²) < 4.78 is 36.4. The van der Waals surface area contributed by atoms with E-state index in [-0.39, 0.29) is 59.6 Å². The largest absolute Gasteiger partial charge is 0.404 e. The summed E-state index contributed by atoms with van der Waals surface area (Å²) in [6, 6.07) is 6.48. The van der Waals surface area contributed by atoms with Crippen molar-refractivity contribution in [1.29, 1.82) is 0 Å². The van der Waals surface area contributed by atoms with E-state index in [0.29, 0.717) is 41.6 Å². The number of benzene rings is 1. The molecule has 2 aromatic heterocycles. The van der Waals surface area contributed by atoms with Crippen LogP contribution < -0.4 is 27.8 Å². The number of aliphatic imine (C=N–C) groups is 1. The number of carbonyl (C=O) groups excluding carboxylic acids is 3. The van der Waals surface area contributed by atoms with Gasteiger partial charge in [0.1, 0.15) is 11.7 Å². The number of para-hydroxylation sites is 1. The van der Waals surface area contributed by atoms with Gasteiger partial charge in [0, 0.05) is 76.4 Å². The van der Waals surface area contributed by atoms with Crippen molar-refractivity contribution in [3.8, 4) is 11.8 Å². The molecular formula is C44H53F2N11O5. The third-order valence-corrected chi connectivity index (χ3v) is 13.1. The van der Waals surface area contributed by atoms with E-state index in [1.165, 1.54) is 15.3 Å². The van der Waals surface area contributed by atoms with Gasteiger partial charge >= 0.3 is 5.69 Å². The van der Waals surface area contributed by atoms with Crippen molar-refractivity contribution in [1.82, 2.24) is 39.5 Å². The van der Waals surface area contributed by atoms with E-state index < -0.39 is 30.0 Å². The van der Waals surface area contributed by atoms with E-state index in [2.05, 4.69) is 47.2 Å². The number of imidazole rings is 1. The van der Waals surface area contributed by atoms with Crippen LogP contribution in [0.5, 0.6) is 0 Å². The fraction of sp³-hybridized carbons (Fsp3) is 0.523. The molecule has 62 heavy (non-hydrogen) atoms. The predicted octanol–water partition coefficient (Wildman–Crippen LogP) is 2.15. The Morgan fingerprint density at radius 1 is 1.08 bits per heavy atom. The Hall–Kier alpha value is -5.77. The number of fused-ring (bicyclic) bond motifs is 3. The zero-order valence-corrected chi connectivity index (χ0v) is 34.8. The highest BCUT2D eigenvalue weighted by Crippen LogP contribution is 2.45. The molecule has 2 aliphatic carbocycles. The molecule has 2 saturated carbocycles. The number of carbonyl (C=O) groups is 3. The summed E-state index contributed by atoms with van der Waals surface area (Å²) >= 11 is 0. The molecule has 16 nitrogen and oxygen atoms in total. The topological polar surface area (TPSA) is 208 Å².